The summed E-state index contributed by atoms with van der Waals surface area (Å²) in [6.45, 7) is -0.152. The van der Waals surface area contributed by atoms with Crippen molar-refractivity contribution in [3.05, 3.63) is 28.3 Å². The SMILES string of the molecule is N#CCOc1ccc(N)c([N+](=O)[O-])c1. The highest BCUT2D eigenvalue weighted by atomic mass is 16.6. The van der Waals surface area contributed by atoms with Gasteiger partial charge < -0.3 is 10.5 Å². The molecule has 0 amide bonds. The zero-order valence-electron chi connectivity index (χ0n) is 7.14. The van der Waals surface area contributed by atoms with Gasteiger partial charge in [0.15, 0.2) is 6.61 Å². The van der Waals surface area contributed by atoms with Crippen LogP contribution in [0.2, 0.25) is 0 Å². The van der Waals surface area contributed by atoms with Gasteiger partial charge in [0, 0.05) is 0 Å². The maximum Gasteiger partial charge on any atom is 0.295 e. The van der Waals surface area contributed by atoms with E-state index in [2.05, 4.69) is 0 Å². The zero-order valence-corrected chi connectivity index (χ0v) is 7.14. The Kier molecular flexibility index (Phi) is 2.86. The molecular weight excluding hydrogens is 186 g/mol. The molecule has 2 N–H and O–H groups in total. The van der Waals surface area contributed by atoms with Crippen LogP contribution in [-0.2, 0) is 0 Å². The van der Waals surface area contributed by atoms with E-state index in [1.165, 1.54) is 18.2 Å². The van der Waals surface area contributed by atoms with Gasteiger partial charge in [0.25, 0.3) is 5.69 Å². The fraction of sp³-hybridized carbons (Fsp3) is 0.125. The first-order valence-electron chi connectivity index (χ1n) is 3.69. The number of anilines is 1. The first-order chi connectivity index (χ1) is 6.65. The van der Waals surface area contributed by atoms with Crippen molar-refractivity contribution in [1.82, 2.24) is 0 Å². The Labute approximate surface area is 79.7 Å². The van der Waals surface area contributed by atoms with E-state index in [0.29, 0.717) is 0 Å². The lowest BCUT2D eigenvalue weighted by atomic mass is 10.2. The first-order valence-corrected chi connectivity index (χ1v) is 3.69. The van der Waals surface area contributed by atoms with Crippen LogP contribution in [0.15, 0.2) is 18.2 Å². The summed E-state index contributed by atoms with van der Waals surface area (Å²) in [5.41, 5.74) is 5.20. The van der Waals surface area contributed by atoms with E-state index in [1.54, 1.807) is 6.07 Å². The van der Waals surface area contributed by atoms with Gasteiger partial charge in [-0.1, -0.05) is 0 Å². The van der Waals surface area contributed by atoms with Gasteiger partial charge in [-0.15, -0.1) is 0 Å². The van der Waals surface area contributed by atoms with Crippen molar-refractivity contribution in [2.75, 3.05) is 12.3 Å². The second kappa shape index (κ2) is 4.09. The summed E-state index contributed by atoms with van der Waals surface area (Å²) >= 11 is 0. The lowest BCUT2D eigenvalue weighted by Crippen LogP contribution is -1.98. The van der Waals surface area contributed by atoms with Crippen LogP contribution in [0.3, 0.4) is 0 Å². The minimum Gasteiger partial charge on any atom is -0.478 e. The highest BCUT2D eigenvalue weighted by Gasteiger charge is 2.12. The number of rotatable bonds is 3. The monoisotopic (exact) mass is 193 g/mol. The third-order valence-corrected chi connectivity index (χ3v) is 1.50. The van der Waals surface area contributed by atoms with Gasteiger partial charge in [-0.25, -0.2) is 0 Å². The number of nitrogen functional groups attached to an aromatic ring is 1. The Morgan fingerprint density at radius 1 is 1.64 bits per heavy atom. The highest BCUT2D eigenvalue weighted by Crippen LogP contribution is 2.26. The van der Waals surface area contributed by atoms with Gasteiger partial charge >= 0.3 is 0 Å². The van der Waals surface area contributed by atoms with Crippen molar-refractivity contribution in [2.45, 2.75) is 0 Å². The fourth-order valence-corrected chi connectivity index (χ4v) is 0.887. The Hall–Kier alpha value is -2.29. The lowest BCUT2D eigenvalue weighted by molar-refractivity contribution is -0.384. The molecule has 6 heteroatoms. The summed E-state index contributed by atoms with van der Waals surface area (Å²) in [7, 11) is 0. The van der Waals surface area contributed by atoms with Crippen LogP contribution < -0.4 is 10.5 Å². The van der Waals surface area contributed by atoms with Crippen molar-refractivity contribution < 1.29 is 9.66 Å². The van der Waals surface area contributed by atoms with Crippen LogP contribution in [-0.4, -0.2) is 11.5 Å². The highest BCUT2D eigenvalue weighted by molar-refractivity contribution is 5.60. The minimum atomic E-state index is -0.603. The van der Waals surface area contributed by atoms with E-state index in [-0.39, 0.29) is 23.7 Å². The van der Waals surface area contributed by atoms with Crippen LogP contribution in [0, 0.1) is 21.4 Å². The number of nitriles is 1. The van der Waals surface area contributed by atoms with Gasteiger partial charge in [-0.2, -0.15) is 5.26 Å². The number of nitro groups is 1. The molecule has 72 valence electrons. The van der Waals surface area contributed by atoms with Gasteiger partial charge in [-0.05, 0) is 12.1 Å². The first kappa shape index (κ1) is 9.80. The van der Waals surface area contributed by atoms with Gasteiger partial charge in [-0.3, -0.25) is 10.1 Å². The van der Waals surface area contributed by atoms with Crippen molar-refractivity contribution in [3.63, 3.8) is 0 Å². The van der Waals surface area contributed by atoms with Gasteiger partial charge in [0.2, 0.25) is 0 Å². The Morgan fingerprint density at radius 2 is 2.36 bits per heavy atom. The Balaban J connectivity index is 2.96. The van der Waals surface area contributed by atoms with Crippen molar-refractivity contribution >= 4 is 11.4 Å². The number of hydrogen-bond donors (Lipinski definition) is 1. The number of nitrogens with two attached hydrogens (primary N) is 1. The Morgan fingerprint density at radius 3 is 2.93 bits per heavy atom. The predicted molar refractivity (Wildman–Crippen MR) is 48.6 cm³/mol. The molecule has 0 saturated carbocycles. The Bertz CT molecular complexity index is 397. The summed E-state index contributed by atoms with van der Waals surface area (Å²) in [4.78, 5) is 9.85. The molecular formula is C8H7N3O3. The normalized spacial score (nSPS) is 9.07. The molecule has 1 aromatic carbocycles. The predicted octanol–water partition coefficient (Wildman–Crippen LogP) is 1.08. The summed E-state index contributed by atoms with van der Waals surface area (Å²) in [5, 5.41) is 18.7. The second-order valence-corrected chi connectivity index (χ2v) is 2.42. The summed E-state index contributed by atoms with van der Waals surface area (Å²) in [6.07, 6.45) is 0. The summed E-state index contributed by atoms with van der Waals surface area (Å²) in [5.74, 6) is 0.257. The molecule has 0 heterocycles. The molecule has 0 atom stereocenters. The number of hydrogen-bond acceptors (Lipinski definition) is 5. The number of ether oxygens (including phenoxy) is 1. The summed E-state index contributed by atoms with van der Waals surface area (Å²) < 4.78 is 4.88. The molecule has 0 aliphatic carbocycles. The smallest absolute Gasteiger partial charge is 0.295 e. The van der Waals surface area contributed by atoms with Crippen LogP contribution in [0.5, 0.6) is 5.75 Å². The van der Waals surface area contributed by atoms with E-state index >= 15 is 0 Å². The minimum absolute atomic E-state index is 0.0688. The summed E-state index contributed by atoms with van der Waals surface area (Å²) in [6, 6.07) is 5.78. The molecule has 1 aromatic rings. The van der Waals surface area contributed by atoms with Crippen LogP contribution in [0.4, 0.5) is 11.4 Å². The molecule has 0 fully saturated rings. The van der Waals surface area contributed by atoms with E-state index < -0.39 is 4.92 Å². The molecule has 0 aliphatic heterocycles. The molecule has 0 spiro atoms. The standard InChI is InChI=1S/C8H7N3O3/c9-3-4-14-6-1-2-7(10)8(5-6)11(12)13/h1-2,5H,4,10H2. The molecule has 0 aliphatic rings. The molecule has 0 aromatic heterocycles. The molecule has 14 heavy (non-hydrogen) atoms. The van der Waals surface area contributed by atoms with Crippen molar-refractivity contribution in [2.24, 2.45) is 0 Å². The van der Waals surface area contributed by atoms with E-state index in [1.807, 2.05) is 0 Å². The number of nitrogens with zero attached hydrogens (tertiary/aromatic N) is 2. The molecule has 0 unspecified atom stereocenters. The molecule has 1 rings (SSSR count). The number of benzene rings is 1. The average Bonchev–Trinajstić information content (AvgIpc) is 2.16. The van der Waals surface area contributed by atoms with Gasteiger partial charge in [0.1, 0.15) is 17.5 Å². The van der Waals surface area contributed by atoms with Gasteiger partial charge in [0.05, 0.1) is 11.0 Å². The van der Waals surface area contributed by atoms with Crippen LogP contribution in [0.1, 0.15) is 0 Å². The maximum atomic E-state index is 10.5. The third kappa shape index (κ3) is 2.10. The quantitative estimate of drug-likeness (QED) is 0.439. The number of nitro benzene ring substituents is 1. The van der Waals surface area contributed by atoms with E-state index in [0.717, 1.165) is 0 Å². The maximum absolute atomic E-state index is 10.5. The molecule has 6 nitrogen and oxygen atoms in total. The van der Waals surface area contributed by atoms with Crippen LogP contribution >= 0.6 is 0 Å². The molecule has 0 radical (unpaired) electrons. The van der Waals surface area contributed by atoms with E-state index in [4.69, 9.17) is 15.7 Å². The topological polar surface area (TPSA) is 102 Å². The largest absolute Gasteiger partial charge is 0.478 e. The van der Waals surface area contributed by atoms with E-state index in [9.17, 15) is 10.1 Å². The van der Waals surface area contributed by atoms with Crippen molar-refractivity contribution in [3.8, 4) is 11.8 Å². The van der Waals surface area contributed by atoms with Crippen LogP contribution in [0.25, 0.3) is 0 Å². The average molecular weight is 193 g/mol. The lowest BCUT2D eigenvalue weighted by Gasteiger charge is -2.02. The fourth-order valence-electron chi connectivity index (χ4n) is 0.887. The zero-order chi connectivity index (χ0) is 10.6. The molecule has 0 bridgehead atoms. The second-order valence-electron chi connectivity index (χ2n) is 2.42. The molecule has 0 saturated heterocycles. The van der Waals surface area contributed by atoms with Crippen molar-refractivity contribution in [1.29, 1.82) is 5.26 Å². The third-order valence-electron chi connectivity index (χ3n) is 1.50.